The SMILES string of the molecule is CS(=O)(=O)C=C1CCC2(CC1)OCCO2. The van der Waals surface area contributed by atoms with Crippen molar-refractivity contribution in [2.24, 2.45) is 0 Å². The summed E-state index contributed by atoms with van der Waals surface area (Å²) in [5, 5.41) is 1.38. The average Bonchev–Trinajstić information content (AvgIpc) is 2.56. The van der Waals surface area contributed by atoms with Gasteiger partial charge in [-0.3, -0.25) is 0 Å². The predicted molar refractivity (Wildman–Crippen MR) is 56.0 cm³/mol. The van der Waals surface area contributed by atoms with Gasteiger partial charge in [-0.2, -0.15) is 0 Å². The standard InChI is InChI=1S/C10H16O4S/c1-15(11,12)8-9-2-4-10(5-3-9)13-6-7-14-10/h8H,2-7H2,1H3. The lowest BCUT2D eigenvalue weighted by atomic mass is 9.91. The van der Waals surface area contributed by atoms with E-state index in [9.17, 15) is 8.42 Å². The van der Waals surface area contributed by atoms with Crippen molar-refractivity contribution < 1.29 is 17.9 Å². The van der Waals surface area contributed by atoms with E-state index in [2.05, 4.69) is 0 Å². The van der Waals surface area contributed by atoms with Crippen LogP contribution in [0.15, 0.2) is 11.0 Å². The molecular weight excluding hydrogens is 216 g/mol. The van der Waals surface area contributed by atoms with Gasteiger partial charge >= 0.3 is 0 Å². The highest BCUT2D eigenvalue weighted by Crippen LogP contribution is 2.38. The number of allylic oxidation sites excluding steroid dienone is 1. The van der Waals surface area contributed by atoms with E-state index in [1.165, 1.54) is 11.7 Å². The molecule has 2 rings (SSSR count). The van der Waals surface area contributed by atoms with Gasteiger partial charge < -0.3 is 9.47 Å². The molecule has 86 valence electrons. The van der Waals surface area contributed by atoms with Gasteiger partial charge in [0.2, 0.25) is 0 Å². The smallest absolute Gasteiger partial charge is 0.169 e. The first-order chi connectivity index (χ1) is 6.99. The summed E-state index contributed by atoms with van der Waals surface area (Å²) in [6, 6.07) is 0. The molecule has 1 saturated carbocycles. The molecule has 0 aromatic rings. The summed E-state index contributed by atoms with van der Waals surface area (Å²) in [7, 11) is -3.00. The third kappa shape index (κ3) is 2.80. The fourth-order valence-electron chi connectivity index (χ4n) is 2.16. The number of rotatable bonds is 1. The van der Waals surface area contributed by atoms with Crippen LogP contribution < -0.4 is 0 Å². The Morgan fingerprint density at radius 2 is 1.73 bits per heavy atom. The third-order valence-electron chi connectivity index (χ3n) is 2.85. The maximum Gasteiger partial charge on any atom is 0.169 e. The van der Waals surface area contributed by atoms with Gasteiger partial charge in [0.1, 0.15) is 0 Å². The van der Waals surface area contributed by atoms with Crippen molar-refractivity contribution >= 4 is 9.84 Å². The Hall–Kier alpha value is -0.390. The van der Waals surface area contributed by atoms with E-state index in [-0.39, 0.29) is 0 Å². The van der Waals surface area contributed by atoms with Gasteiger partial charge in [0.05, 0.1) is 13.2 Å². The molecule has 5 heteroatoms. The van der Waals surface area contributed by atoms with Crippen LogP contribution in [0.4, 0.5) is 0 Å². The van der Waals surface area contributed by atoms with Gasteiger partial charge in [0, 0.05) is 24.5 Å². The maximum absolute atomic E-state index is 11.1. The quantitative estimate of drug-likeness (QED) is 0.682. The summed E-state index contributed by atoms with van der Waals surface area (Å²) >= 11 is 0. The minimum atomic E-state index is -3.00. The molecule has 0 bridgehead atoms. The first kappa shape index (κ1) is 11.1. The van der Waals surface area contributed by atoms with Gasteiger partial charge in [0.25, 0.3) is 0 Å². The van der Waals surface area contributed by atoms with Crippen LogP contribution in [-0.2, 0) is 19.3 Å². The first-order valence-corrected chi connectivity index (χ1v) is 7.12. The summed E-state index contributed by atoms with van der Waals surface area (Å²) in [4.78, 5) is 0. The van der Waals surface area contributed by atoms with E-state index in [0.717, 1.165) is 31.3 Å². The summed E-state index contributed by atoms with van der Waals surface area (Å²) in [6.45, 7) is 1.32. The molecule has 0 radical (unpaired) electrons. The lowest BCUT2D eigenvalue weighted by Crippen LogP contribution is -2.33. The second-order valence-electron chi connectivity index (χ2n) is 4.21. The molecule has 1 aliphatic heterocycles. The fraction of sp³-hybridized carbons (Fsp3) is 0.800. The Kier molecular flexibility index (Phi) is 2.87. The van der Waals surface area contributed by atoms with Crippen molar-refractivity contribution in [3.63, 3.8) is 0 Å². The van der Waals surface area contributed by atoms with Gasteiger partial charge in [0.15, 0.2) is 15.6 Å². The number of ether oxygens (including phenoxy) is 2. The van der Waals surface area contributed by atoms with Crippen LogP contribution in [0.5, 0.6) is 0 Å². The lowest BCUT2D eigenvalue weighted by molar-refractivity contribution is -0.171. The van der Waals surface area contributed by atoms with Crippen LogP contribution in [0.3, 0.4) is 0 Å². The van der Waals surface area contributed by atoms with Crippen molar-refractivity contribution in [2.45, 2.75) is 31.5 Å². The predicted octanol–water partition coefficient (Wildman–Crippen LogP) is 1.23. The molecule has 0 atom stereocenters. The highest BCUT2D eigenvalue weighted by atomic mass is 32.2. The minimum absolute atomic E-state index is 0.408. The van der Waals surface area contributed by atoms with Crippen molar-refractivity contribution in [3.8, 4) is 0 Å². The van der Waals surface area contributed by atoms with Crippen LogP contribution >= 0.6 is 0 Å². The molecule has 0 aromatic carbocycles. The molecule has 1 heterocycles. The molecular formula is C10H16O4S. The molecule has 2 aliphatic rings. The zero-order valence-corrected chi connectivity index (χ0v) is 9.68. The van der Waals surface area contributed by atoms with E-state index >= 15 is 0 Å². The normalized spacial score (nSPS) is 25.8. The molecule has 15 heavy (non-hydrogen) atoms. The lowest BCUT2D eigenvalue weighted by Gasteiger charge is -2.32. The number of hydrogen-bond acceptors (Lipinski definition) is 4. The fourth-order valence-corrected chi connectivity index (χ4v) is 3.00. The molecule has 2 fully saturated rings. The Labute approximate surface area is 90.2 Å². The molecule has 4 nitrogen and oxygen atoms in total. The highest BCUT2D eigenvalue weighted by Gasteiger charge is 2.38. The van der Waals surface area contributed by atoms with E-state index in [0.29, 0.717) is 13.2 Å². The Morgan fingerprint density at radius 3 is 2.20 bits per heavy atom. The zero-order valence-electron chi connectivity index (χ0n) is 8.86. The van der Waals surface area contributed by atoms with E-state index in [4.69, 9.17) is 9.47 Å². The van der Waals surface area contributed by atoms with E-state index in [1.54, 1.807) is 0 Å². The molecule has 0 unspecified atom stereocenters. The van der Waals surface area contributed by atoms with Gasteiger partial charge in [-0.1, -0.05) is 5.57 Å². The van der Waals surface area contributed by atoms with Crippen LogP contribution in [0, 0.1) is 0 Å². The number of hydrogen-bond donors (Lipinski definition) is 0. The number of sulfone groups is 1. The van der Waals surface area contributed by atoms with Crippen LogP contribution in [0.25, 0.3) is 0 Å². The van der Waals surface area contributed by atoms with Gasteiger partial charge in [-0.05, 0) is 12.8 Å². The Balaban J connectivity index is 2.00. The molecule has 1 aliphatic carbocycles. The van der Waals surface area contributed by atoms with E-state index < -0.39 is 15.6 Å². The third-order valence-corrected chi connectivity index (χ3v) is 3.61. The maximum atomic E-state index is 11.1. The molecule has 1 spiro atoms. The van der Waals surface area contributed by atoms with Crippen molar-refractivity contribution in [3.05, 3.63) is 11.0 Å². The summed E-state index contributed by atoms with van der Waals surface area (Å²) in [5.41, 5.74) is 0.988. The van der Waals surface area contributed by atoms with E-state index in [1.807, 2.05) is 0 Å². The minimum Gasteiger partial charge on any atom is -0.348 e. The Morgan fingerprint density at radius 1 is 1.20 bits per heavy atom. The van der Waals surface area contributed by atoms with Crippen LogP contribution in [0.1, 0.15) is 25.7 Å². The van der Waals surface area contributed by atoms with Gasteiger partial charge in [-0.15, -0.1) is 0 Å². The van der Waals surface area contributed by atoms with Crippen molar-refractivity contribution in [1.29, 1.82) is 0 Å². The first-order valence-electron chi connectivity index (χ1n) is 5.17. The van der Waals surface area contributed by atoms with Crippen molar-refractivity contribution in [1.82, 2.24) is 0 Å². The topological polar surface area (TPSA) is 52.6 Å². The molecule has 0 N–H and O–H groups in total. The molecule has 0 amide bonds. The molecule has 1 saturated heterocycles. The van der Waals surface area contributed by atoms with Crippen LogP contribution in [-0.4, -0.2) is 33.7 Å². The highest BCUT2D eigenvalue weighted by molar-refractivity contribution is 7.93. The summed E-state index contributed by atoms with van der Waals surface area (Å²) in [6.07, 6.45) is 4.29. The average molecular weight is 232 g/mol. The largest absolute Gasteiger partial charge is 0.348 e. The molecule has 0 aromatic heterocycles. The van der Waals surface area contributed by atoms with Crippen LogP contribution in [0.2, 0.25) is 0 Å². The summed E-state index contributed by atoms with van der Waals surface area (Å²) < 4.78 is 33.3. The monoisotopic (exact) mass is 232 g/mol. The second kappa shape index (κ2) is 3.88. The van der Waals surface area contributed by atoms with Gasteiger partial charge in [-0.25, -0.2) is 8.42 Å². The van der Waals surface area contributed by atoms with Crippen molar-refractivity contribution in [2.75, 3.05) is 19.5 Å². The summed E-state index contributed by atoms with van der Waals surface area (Å²) in [5.74, 6) is -0.408. The zero-order chi connectivity index (χ0) is 10.9. The second-order valence-corrected chi connectivity index (χ2v) is 6.11. The Bertz CT molecular complexity index is 351.